The summed E-state index contributed by atoms with van der Waals surface area (Å²) in [4.78, 5) is 39.5. The van der Waals surface area contributed by atoms with Crippen molar-refractivity contribution in [1.82, 2.24) is 10.2 Å². The second-order valence-electron chi connectivity index (χ2n) is 7.68. The number of rotatable bonds is 9. The van der Waals surface area contributed by atoms with Gasteiger partial charge in [-0.05, 0) is 45.4 Å². The monoisotopic (exact) mass is 410 g/mol. The van der Waals surface area contributed by atoms with E-state index >= 15 is 0 Å². The van der Waals surface area contributed by atoms with E-state index in [0.717, 1.165) is 5.56 Å². The molecule has 2 amide bonds. The second kappa shape index (κ2) is 11.1. The molecule has 2 aromatic carbocycles. The summed E-state index contributed by atoms with van der Waals surface area (Å²) in [7, 11) is 0. The number of esters is 1. The minimum atomic E-state index is -0.903. The molecule has 6 nitrogen and oxygen atoms in total. The van der Waals surface area contributed by atoms with E-state index in [2.05, 4.69) is 5.32 Å². The van der Waals surface area contributed by atoms with Crippen LogP contribution < -0.4 is 5.32 Å². The molecule has 0 unspecified atom stereocenters. The number of hydrogen-bond acceptors (Lipinski definition) is 4. The average molecular weight is 411 g/mol. The maximum atomic E-state index is 12.8. The third kappa shape index (κ3) is 6.72. The van der Waals surface area contributed by atoms with Gasteiger partial charge in [0.25, 0.3) is 11.8 Å². The maximum Gasteiger partial charge on any atom is 0.329 e. The van der Waals surface area contributed by atoms with Crippen molar-refractivity contribution >= 4 is 17.8 Å². The van der Waals surface area contributed by atoms with Crippen LogP contribution in [0.3, 0.4) is 0 Å². The van der Waals surface area contributed by atoms with Crippen LogP contribution in [-0.2, 0) is 20.7 Å². The summed E-state index contributed by atoms with van der Waals surface area (Å²) in [6.07, 6.45) is 0.268. The van der Waals surface area contributed by atoms with Crippen LogP contribution in [0, 0.1) is 0 Å². The zero-order valence-corrected chi connectivity index (χ0v) is 18.0. The van der Waals surface area contributed by atoms with Crippen molar-refractivity contribution < 1.29 is 19.1 Å². The topological polar surface area (TPSA) is 75.7 Å². The molecule has 0 heterocycles. The summed E-state index contributed by atoms with van der Waals surface area (Å²) in [6.45, 7) is 7.30. The van der Waals surface area contributed by atoms with Crippen LogP contribution in [0.1, 0.15) is 43.6 Å². The quantitative estimate of drug-likeness (QED) is 0.644. The average Bonchev–Trinajstić information content (AvgIpc) is 2.72. The second-order valence-corrected chi connectivity index (χ2v) is 7.68. The molecule has 160 valence electrons. The number of benzene rings is 2. The third-order valence-corrected chi connectivity index (χ3v) is 4.65. The van der Waals surface area contributed by atoms with Gasteiger partial charge in [-0.2, -0.15) is 0 Å². The van der Waals surface area contributed by atoms with E-state index in [1.807, 2.05) is 64.1 Å². The Kier molecular flexibility index (Phi) is 8.59. The molecular formula is C24H30N2O4. The van der Waals surface area contributed by atoms with E-state index < -0.39 is 12.0 Å². The minimum absolute atomic E-state index is 0.00546. The van der Waals surface area contributed by atoms with Crippen LogP contribution in [0.4, 0.5) is 0 Å². The molecule has 0 aliphatic rings. The van der Waals surface area contributed by atoms with Crippen LogP contribution in [0.25, 0.3) is 0 Å². The lowest BCUT2D eigenvalue weighted by atomic mass is 10.1. The molecule has 1 N–H and O–H groups in total. The molecule has 2 aromatic rings. The van der Waals surface area contributed by atoms with Gasteiger partial charge in [-0.3, -0.25) is 9.59 Å². The Bertz CT molecular complexity index is 827. The maximum absolute atomic E-state index is 12.8. The van der Waals surface area contributed by atoms with Crippen molar-refractivity contribution in [2.45, 2.75) is 52.2 Å². The fourth-order valence-corrected chi connectivity index (χ4v) is 3.35. The fraction of sp³-hybridized carbons (Fsp3) is 0.375. The van der Waals surface area contributed by atoms with Crippen LogP contribution in [-0.4, -0.2) is 47.4 Å². The fourth-order valence-electron chi connectivity index (χ4n) is 3.35. The lowest BCUT2D eigenvalue weighted by Gasteiger charge is -2.30. The Labute approximate surface area is 178 Å². The first-order valence-corrected chi connectivity index (χ1v) is 10.2. The molecule has 2 rings (SSSR count). The van der Waals surface area contributed by atoms with E-state index in [1.54, 1.807) is 29.2 Å². The van der Waals surface area contributed by atoms with Gasteiger partial charge in [-0.1, -0.05) is 48.5 Å². The van der Waals surface area contributed by atoms with Crippen LogP contribution in [0.2, 0.25) is 0 Å². The highest BCUT2D eigenvalue weighted by Crippen LogP contribution is 2.09. The lowest BCUT2D eigenvalue weighted by Crippen LogP contribution is -2.47. The summed E-state index contributed by atoms with van der Waals surface area (Å²) in [6, 6.07) is 17.1. The predicted octanol–water partition coefficient (Wildman–Crippen LogP) is 3.22. The van der Waals surface area contributed by atoms with Crippen molar-refractivity contribution in [3.63, 3.8) is 0 Å². The van der Waals surface area contributed by atoms with Crippen LogP contribution in [0.5, 0.6) is 0 Å². The molecule has 0 radical (unpaired) electrons. The van der Waals surface area contributed by atoms with Crippen LogP contribution >= 0.6 is 0 Å². The Morgan fingerprint density at radius 1 is 0.867 bits per heavy atom. The summed E-state index contributed by atoms with van der Waals surface area (Å²) >= 11 is 0. The Morgan fingerprint density at radius 3 is 1.93 bits per heavy atom. The first kappa shape index (κ1) is 23.1. The van der Waals surface area contributed by atoms with Gasteiger partial charge in [0.05, 0.1) is 0 Å². The van der Waals surface area contributed by atoms with Gasteiger partial charge in [0.1, 0.15) is 6.04 Å². The third-order valence-electron chi connectivity index (χ3n) is 4.65. The van der Waals surface area contributed by atoms with Gasteiger partial charge in [0.2, 0.25) is 0 Å². The van der Waals surface area contributed by atoms with E-state index in [9.17, 15) is 14.4 Å². The zero-order chi connectivity index (χ0) is 22.1. The number of ether oxygens (including phenoxy) is 1. The van der Waals surface area contributed by atoms with Crippen LogP contribution in [0.15, 0.2) is 60.7 Å². The van der Waals surface area contributed by atoms with E-state index in [1.165, 1.54) is 0 Å². The van der Waals surface area contributed by atoms with Gasteiger partial charge in [-0.25, -0.2) is 4.79 Å². The number of carbonyl (C=O) groups excluding carboxylic acids is 3. The Hall–Kier alpha value is -3.15. The molecular weight excluding hydrogens is 380 g/mol. The van der Waals surface area contributed by atoms with Crippen molar-refractivity contribution in [2.75, 3.05) is 6.61 Å². The van der Waals surface area contributed by atoms with Crippen molar-refractivity contribution in [2.24, 2.45) is 0 Å². The Balaban J connectivity index is 2.10. The summed E-state index contributed by atoms with van der Waals surface area (Å²) in [5, 5.41) is 2.74. The summed E-state index contributed by atoms with van der Waals surface area (Å²) < 4.78 is 5.31. The van der Waals surface area contributed by atoms with Gasteiger partial charge < -0.3 is 15.0 Å². The molecule has 0 aromatic heterocycles. The molecule has 30 heavy (non-hydrogen) atoms. The van der Waals surface area contributed by atoms with E-state index in [0.29, 0.717) is 5.56 Å². The number of carbonyl (C=O) groups is 3. The van der Waals surface area contributed by atoms with Gasteiger partial charge in [0.15, 0.2) is 6.61 Å². The number of hydrogen-bond donors (Lipinski definition) is 1. The van der Waals surface area contributed by atoms with Crippen molar-refractivity contribution in [3.05, 3.63) is 71.8 Å². The normalized spacial score (nSPS) is 11.8. The highest BCUT2D eigenvalue weighted by molar-refractivity contribution is 5.97. The molecule has 0 fully saturated rings. The molecule has 0 bridgehead atoms. The van der Waals surface area contributed by atoms with E-state index in [-0.39, 0.29) is 36.9 Å². The first-order valence-electron chi connectivity index (χ1n) is 10.2. The van der Waals surface area contributed by atoms with Crippen molar-refractivity contribution in [3.8, 4) is 0 Å². The SMILES string of the molecule is CC(C)N(C(=O)COC(=O)[C@@H](Cc1ccccc1)NC(=O)c1ccccc1)C(C)C. The lowest BCUT2D eigenvalue weighted by molar-refractivity contribution is -0.155. The summed E-state index contributed by atoms with van der Waals surface area (Å²) in [5.74, 6) is -1.27. The standard InChI is InChI=1S/C24H30N2O4/c1-17(2)26(18(3)4)22(27)16-30-24(29)21(15-19-11-7-5-8-12-19)25-23(28)20-13-9-6-10-14-20/h5-14,17-18,21H,15-16H2,1-4H3,(H,25,28)/t21-/m1/s1. The molecule has 0 saturated carbocycles. The molecule has 0 saturated heterocycles. The molecule has 0 aliphatic carbocycles. The highest BCUT2D eigenvalue weighted by atomic mass is 16.5. The molecule has 0 aliphatic heterocycles. The zero-order valence-electron chi connectivity index (χ0n) is 18.0. The molecule has 6 heteroatoms. The predicted molar refractivity (Wildman–Crippen MR) is 116 cm³/mol. The number of nitrogens with one attached hydrogen (secondary N) is 1. The smallest absolute Gasteiger partial charge is 0.329 e. The number of nitrogens with zero attached hydrogens (tertiary/aromatic N) is 1. The van der Waals surface area contributed by atoms with Gasteiger partial charge in [-0.15, -0.1) is 0 Å². The molecule has 1 atom stereocenters. The molecule has 0 spiro atoms. The van der Waals surface area contributed by atoms with E-state index in [4.69, 9.17) is 4.74 Å². The largest absolute Gasteiger partial charge is 0.454 e. The van der Waals surface area contributed by atoms with Crippen molar-refractivity contribution in [1.29, 1.82) is 0 Å². The van der Waals surface area contributed by atoms with Gasteiger partial charge >= 0.3 is 5.97 Å². The number of amides is 2. The van der Waals surface area contributed by atoms with Gasteiger partial charge in [0, 0.05) is 24.1 Å². The minimum Gasteiger partial charge on any atom is -0.454 e. The first-order chi connectivity index (χ1) is 14.3. The Morgan fingerprint density at radius 2 is 1.40 bits per heavy atom. The summed E-state index contributed by atoms with van der Waals surface area (Å²) in [5.41, 5.74) is 1.33. The highest BCUT2D eigenvalue weighted by Gasteiger charge is 2.26.